The van der Waals surface area contributed by atoms with Crippen molar-refractivity contribution in [1.82, 2.24) is 9.80 Å². The fourth-order valence-electron chi connectivity index (χ4n) is 2.03. The van der Waals surface area contributed by atoms with Crippen molar-refractivity contribution in [2.45, 2.75) is 32.4 Å². The van der Waals surface area contributed by atoms with Crippen LogP contribution in [-0.2, 0) is 0 Å². The summed E-state index contributed by atoms with van der Waals surface area (Å²) in [6.07, 6.45) is 1.13. The van der Waals surface area contributed by atoms with Crippen molar-refractivity contribution in [3.63, 3.8) is 0 Å². The van der Waals surface area contributed by atoms with Crippen LogP contribution in [-0.4, -0.2) is 59.6 Å². The van der Waals surface area contributed by atoms with Gasteiger partial charge in [0.05, 0.1) is 6.04 Å². The average Bonchev–Trinajstić information content (AvgIpc) is 2.27. The van der Waals surface area contributed by atoms with Gasteiger partial charge in [0.1, 0.15) is 0 Å². The second-order valence-electron chi connectivity index (χ2n) is 4.24. The maximum Gasteiger partial charge on any atom is 0.156 e. The van der Waals surface area contributed by atoms with E-state index in [2.05, 4.69) is 28.9 Å². The standard InChI is InChI=1S/C10H22N4O/c1-4-9-7-14(6-5-13(9)3)8(2)10(11)12-15/h8-9,15H,4-7H2,1-3H3,(H2,11,12). The van der Waals surface area contributed by atoms with Gasteiger partial charge in [0.25, 0.3) is 0 Å². The molecule has 0 bridgehead atoms. The van der Waals surface area contributed by atoms with Crippen LogP contribution in [0.5, 0.6) is 0 Å². The lowest BCUT2D eigenvalue weighted by molar-refractivity contribution is 0.0834. The van der Waals surface area contributed by atoms with Crippen molar-refractivity contribution in [1.29, 1.82) is 0 Å². The number of nitrogens with two attached hydrogens (primary N) is 1. The van der Waals surface area contributed by atoms with E-state index < -0.39 is 0 Å². The summed E-state index contributed by atoms with van der Waals surface area (Å²) in [6.45, 7) is 7.18. The van der Waals surface area contributed by atoms with Gasteiger partial charge >= 0.3 is 0 Å². The maximum atomic E-state index is 8.64. The molecule has 1 rings (SSSR count). The van der Waals surface area contributed by atoms with Gasteiger partial charge in [-0.05, 0) is 20.4 Å². The summed E-state index contributed by atoms with van der Waals surface area (Å²) in [5.41, 5.74) is 5.61. The van der Waals surface area contributed by atoms with Crippen LogP contribution >= 0.6 is 0 Å². The van der Waals surface area contributed by atoms with E-state index in [1.807, 2.05) is 6.92 Å². The lowest BCUT2D eigenvalue weighted by atomic mass is 10.1. The van der Waals surface area contributed by atoms with Gasteiger partial charge in [-0.15, -0.1) is 0 Å². The van der Waals surface area contributed by atoms with Gasteiger partial charge in [0.15, 0.2) is 5.84 Å². The summed E-state index contributed by atoms with van der Waals surface area (Å²) in [7, 11) is 2.15. The second-order valence-corrected chi connectivity index (χ2v) is 4.24. The number of amidine groups is 1. The Morgan fingerprint density at radius 1 is 1.60 bits per heavy atom. The molecule has 0 aromatic rings. The SMILES string of the molecule is CCC1CN(C(C)C(N)=NO)CCN1C. The molecule has 0 spiro atoms. The molecular weight excluding hydrogens is 192 g/mol. The van der Waals surface area contributed by atoms with Crippen molar-refractivity contribution >= 4 is 5.84 Å². The van der Waals surface area contributed by atoms with E-state index in [4.69, 9.17) is 10.9 Å². The molecule has 0 saturated carbocycles. The topological polar surface area (TPSA) is 65.1 Å². The van der Waals surface area contributed by atoms with Gasteiger partial charge in [-0.3, -0.25) is 4.90 Å². The molecule has 1 aliphatic heterocycles. The molecule has 15 heavy (non-hydrogen) atoms. The number of piperazine rings is 1. The maximum absolute atomic E-state index is 8.64. The van der Waals surface area contributed by atoms with Crippen LogP contribution in [0.2, 0.25) is 0 Å². The molecule has 0 aliphatic carbocycles. The molecule has 3 N–H and O–H groups in total. The molecule has 0 aromatic carbocycles. The molecular formula is C10H22N4O. The lowest BCUT2D eigenvalue weighted by Gasteiger charge is -2.41. The highest BCUT2D eigenvalue weighted by molar-refractivity contribution is 5.84. The van der Waals surface area contributed by atoms with Crippen molar-refractivity contribution < 1.29 is 5.21 Å². The molecule has 2 unspecified atom stereocenters. The first kappa shape index (κ1) is 12.3. The first-order valence-corrected chi connectivity index (χ1v) is 5.51. The fraction of sp³-hybridized carbons (Fsp3) is 0.900. The average molecular weight is 214 g/mol. The molecule has 2 atom stereocenters. The molecule has 1 fully saturated rings. The minimum absolute atomic E-state index is 0.0257. The van der Waals surface area contributed by atoms with Gasteiger partial charge in [0, 0.05) is 25.7 Å². The predicted octanol–water partition coefficient (Wildman–Crippen LogP) is 0.147. The zero-order chi connectivity index (χ0) is 11.4. The minimum atomic E-state index is 0.0257. The number of nitrogens with zero attached hydrogens (tertiary/aromatic N) is 3. The quantitative estimate of drug-likeness (QED) is 0.304. The van der Waals surface area contributed by atoms with Gasteiger partial charge in [0.2, 0.25) is 0 Å². The van der Waals surface area contributed by atoms with Crippen LogP contribution in [0, 0.1) is 0 Å². The van der Waals surface area contributed by atoms with Crippen LogP contribution in [0.15, 0.2) is 5.16 Å². The molecule has 88 valence electrons. The smallest absolute Gasteiger partial charge is 0.156 e. The summed E-state index contributed by atoms with van der Waals surface area (Å²) in [6, 6.07) is 0.602. The van der Waals surface area contributed by atoms with Crippen LogP contribution in [0.3, 0.4) is 0 Å². The molecule has 1 heterocycles. The summed E-state index contributed by atoms with van der Waals surface area (Å²) in [5, 5.41) is 11.7. The normalized spacial score (nSPS) is 27.9. The first-order chi connectivity index (χ1) is 7.10. The molecule has 5 heteroatoms. The first-order valence-electron chi connectivity index (χ1n) is 5.51. The number of rotatable bonds is 3. The second kappa shape index (κ2) is 5.32. The summed E-state index contributed by atoms with van der Waals surface area (Å²) in [4.78, 5) is 4.64. The molecule has 1 aliphatic rings. The Morgan fingerprint density at radius 3 is 2.80 bits per heavy atom. The van der Waals surface area contributed by atoms with Crippen molar-refractivity contribution in [2.24, 2.45) is 10.9 Å². The van der Waals surface area contributed by atoms with Gasteiger partial charge in [-0.25, -0.2) is 0 Å². The van der Waals surface area contributed by atoms with E-state index >= 15 is 0 Å². The number of hydrogen-bond donors (Lipinski definition) is 2. The van der Waals surface area contributed by atoms with Gasteiger partial charge in [-0.2, -0.15) is 0 Å². The fourth-order valence-corrected chi connectivity index (χ4v) is 2.03. The highest BCUT2D eigenvalue weighted by atomic mass is 16.4. The predicted molar refractivity (Wildman–Crippen MR) is 61.2 cm³/mol. The minimum Gasteiger partial charge on any atom is -0.409 e. The Balaban J connectivity index is 2.58. The van der Waals surface area contributed by atoms with Crippen LogP contribution in [0.1, 0.15) is 20.3 Å². The monoisotopic (exact) mass is 214 g/mol. The lowest BCUT2D eigenvalue weighted by Crippen LogP contribution is -2.56. The Bertz CT molecular complexity index is 231. The van der Waals surface area contributed by atoms with Gasteiger partial charge < -0.3 is 15.8 Å². The zero-order valence-corrected chi connectivity index (χ0v) is 9.85. The number of oxime groups is 1. The third-order valence-electron chi connectivity index (χ3n) is 3.37. The highest BCUT2D eigenvalue weighted by Gasteiger charge is 2.27. The Hall–Kier alpha value is -0.810. The molecule has 0 radical (unpaired) electrons. The van der Waals surface area contributed by atoms with Crippen LogP contribution in [0.4, 0.5) is 0 Å². The van der Waals surface area contributed by atoms with Crippen LogP contribution in [0.25, 0.3) is 0 Å². The third-order valence-corrected chi connectivity index (χ3v) is 3.37. The van der Waals surface area contributed by atoms with Crippen molar-refractivity contribution in [3.8, 4) is 0 Å². The summed E-state index contributed by atoms with van der Waals surface area (Å²) in [5.74, 6) is 0.300. The van der Waals surface area contributed by atoms with E-state index in [-0.39, 0.29) is 6.04 Å². The zero-order valence-electron chi connectivity index (χ0n) is 9.85. The van der Waals surface area contributed by atoms with E-state index in [0.717, 1.165) is 26.1 Å². The molecule has 0 amide bonds. The van der Waals surface area contributed by atoms with E-state index in [9.17, 15) is 0 Å². The summed E-state index contributed by atoms with van der Waals surface area (Å²) < 4.78 is 0. The number of likely N-dealkylation sites (N-methyl/N-ethyl adjacent to an activating group) is 1. The largest absolute Gasteiger partial charge is 0.409 e. The van der Waals surface area contributed by atoms with Gasteiger partial charge in [-0.1, -0.05) is 12.1 Å². The third kappa shape index (κ3) is 2.82. The Kier molecular flexibility index (Phi) is 4.35. The molecule has 1 saturated heterocycles. The van der Waals surface area contributed by atoms with E-state index in [1.54, 1.807) is 0 Å². The van der Waals surface area contributed by atoms with E-state index in [1.165, 1.54) is 0 Å². The Labute approximate surface area is 91.5 Å². The number of hydrogen-bond acceptors (Lipinski definition) is 4. The molecule has 0 aromatic heterocycles. The molecule has 5 nitrogen and oxygen atoms in total. The Morgan fingerprint density at radius 2 is 2.27 bits per heavy atom. The van der Waals surface area contributed by atoms with Crippen molar-refractivity contribution in [3.05, 3.63) is 0 Å². The van der Waals surface area contributed by atoms with Crippen molar-refractivity contribution in [2.75, 3.05) is 26.7 Å². The highest BCUT2D eigenvalue weighted by Crippen LogP contribution is 2.13. The summed E-state index contributed by atoms with van der Waals surface area (Å²) >= 11 is 0. The van der Waals surface area contributed by atoms with E-state index in [0.29, 0.717) is 11.9 Å². The van der Waals surface area contributed by atoms with Crippen LogP contribution < -0.4 is 5.73 Å².